The molecule has 0 spiro atoms. The van der Waals surface area contributed by atoms with E-state index in [9.17, 15) is 9.59 Å². The van der Waals surface area contributed by atoms with Crippen LogP contribution in [0.4, 0.5) is 0 Å². The second kappa shape index (κ2) is 6.52. The van der Waals surface area contributed by atoms with Gasteiger partial charge < -0.3 is 9.88 Å². The van der Waals surface area contributed by atoms with E-state index < -0.39 is 0 Å². The van der Waals surface area contributed by atoms with E-state index in [1.54, 1.807) is 18.3 Å². The molecule has 1 aromatic heterocycles. The predicted molar refractivity (Wildman–Crippen MR) is 74.0 cm³/mol. The Balaban J connectivity index is 1.78. The van der Waals surface area contributed by atoms with Crippen LogP contribution in [-0.2, 0) is 11.3 Å². The molecule has 1 aromatic rings. The molecular formula is C14H21N3O2. The van der Waals surface area contributed by atoms with Gasteiger partial charge in [-0.3, -0.25) is 14.5 Å². The third-order valence-electron chi connectivity index (χ3n) is 3.57. The molecule has 0 bridgehead atoms. The minimum atomic E-state index is -0.148. The zero-order chi connectivity index (χ0) is 13.7. The Labute approximate surface area is 113 Å². The fourth-order valence-corrected chi connectivity index (χ4v) is 2.37. The van der Waals surface area contributed by atoms with Crippen LogP contribution in [0.1, 0.15) is 19.8 Å². The van der Waals surface area contributed by atoms with Crippen LogP contribution in [0.15, 0.2) is 29.2 Å². The van der Waals surface area contributed by atoms with Crippen LogP contribution in [0.2, 0.25) is 0 Å². The van der Waals surface area contributed by atoms with Crippen molar-refractivity contribution in [1.82, 2.24) is 14.8 Å². The summed E-state index contributed by atoms with van der Waals surface area (Å²) in [6.07, 6.45) is 4.13. The van der Waals surface area contributed by atoms with E-state index in [0.717, 1.165) is 13.1 Å². The van der Waals surface area contributed by atoms with E-state index in [2.05, 4.69) is 17.1 Å². The van der Waals surface area contributed by atoms with Crippen molar-refractivity contribution in [3.05, 3.63) is 34.7 Å². The number of carbonyl (C=O) groups excluding carboxylic acids is 1. The molecule has 1 aliphatic rings. The molecule has 1 N–H and O–H groups in total. The summed E-state index contributed by atoms with van der Waals surface area (Å²) in [5.74, 6) is -0.112. The van der Waals surface area contributed by atoms with E-state index in [4.69, 9.17) is 0 Å². The Morgan fingerprint density at radius 1 is 1.37 bits per heavy atom. The van der Waals surface area contributed by atoms with Gasteiger partial charge in [-0.25, -0.2) is 0 Å². The zero-order valence-electron chi connectivity index (χ0n) is 11.3. The number of nitrogens with one attached hydrogen (secondary N) is 1. The molecule has 1 unspecified atom stereocenters. The number of pyridine rings is 1. The van der Waals surface area contributed by atoms with E-state index in [0.29, 0.717) is 12.6 Å². The summed E-state index contributed by atoms with van der Waals surface area (Å²) in [5, 5.41) is 2.89. The van der Waals surface area contributed by atoms with Gasteiger partial charge >= 0.3 is 0 Å². The highest BCUT2D eigenvalue weighted by Gasteiger charge is 2.18. The highest BCUT2D eigenvalue weighted by Crippen LogP contribution is 2.10. The Bertz CT molecular complexity index is 478. The van der Waals surface area contributed by atoms with Crippen LogP contribution in [-0.4, -0.2) is 41.1 Å². The van der Waals surface area contributed by atoms with E-state index >= 15 is 0 Å². The lowest BCUT2D eigenvalue weighted by atomic mass is 10.3. The fourth-order valence-electron chi connectivity index (χ4n) is 2.37. The molecule has 2 heterocycles. The lowest BCUT2D eigenvalue weighted by Gasteiger charge is -2.23. The SMILES string of the molecule is CC(CNC(=O)Cn1ccccc1=O)N1CCCC1. The summed E-state index contributed by atoms with van der Waals surface area (Å²) < 4.78 is 1.41. The summed E-state index contributed by atoms with van der Waals surface area (Å²) >= 11 is 0. The fraction of sp³-hybridized carbons (Fsp3) is 0.571. The van der Waals surface area contributed by atoms with Gasteiger partial charge in [0.15, 0.2) is 0 Å². The summed E-state index contributed by atoms with van der Waals surface area (Å²) in [6.45, 7) is 5.09. The van der Waals surface area contributed by atoms with Crippen molar-refractivity contribution < 1.29 is 4.79 Å². The van der Waals surface area contributed by atoms with Crippen LogP contribution >= 0.6 is 0 Å². The number of carbonyl (C=O) groups is 1. The third-order valence-corrected chi connectivity index (χ3v) is 3.57. The summed E-state index contributed by atoms with van der Waals surface area (Å²) in [4.78, 5) is 25.7. The minimum Gasteiger partial charge on any atom is -0.353 e. The smallest absolute Gasteiger partial charge is 0.250 e. The number of likely N-dealkylation sites (tertiary alicyclic amines) is 1. The number of amides is 1. The summed E-state index contributed by atoms with van der Waals surface area (Å²) in [7, 11) is 0. The Morgan fingerprint density at radius 2 is 2.11 bits per heavy atom. The van der Waals surface area contributed by atoms with Crippen molar-refractivity contribution in [1.29, 1.82) is 0 Å². The van der Waals surface area contributed by atoms with Gasteiger partial charge in [-0.1, -0.05) is 6.07 Å². The molecule has 5 nitrogen and oxygen atoms in total. The maximum Gasteiger partial charge on any atom is 0.250 e. The van der Waals surface area contributed by atoms with Gasteiger partial charge in [0.05, 0.1) is 0 Å². The second-order valence-electron chi connectivity index (χ2n) is 5.06. The quantitative estimate of drug-likeness (QED) is 0.839. The van der Waals surface area contributed by atoms with Crippen LogP contribution in [0.25, 0.3) is 0 Å². The highest BCUT2D eigenvalue weighted by molar-refractivity contribution is 5.75. The Morgan fingerprint density at radius 3 is 2.79 bits per heavy atom. The molecule has 2 rings (SSSR count). The van der Waals surface area contributed by atoms with Crippen LogP contribution in [0, 0.1) is 0 Å². The van der Waals surface area contributed by atoms with Crippen molar-refractivity contribution in [2.45, 2.75) is 32.4 Å². The molecular weight excluding hydrogens is 242 g/mol. The number of nitrogens with zero attached hydrogens (tertiary/aromatic N) is 2. The summed E-state index contributed by atoms with van der Waals surface area (Å²) in [5.41, 5.74) is -0.148. The van der Waals surface area contributed by atoms with Crippen molar-refractivity contribution in [3.63, 3.8) is 0 Å². The summed E-state index contributed by atoms with van der Waals surface area (Å²) in [6, 6.07) is 5.24. The molecule has 19 heavy (non-hydrogen) atoms. The molecule has 0 aliphatic carbocycles. The lowest BCUT2D eigenvalue weighted by molar-refractivity contribution is -0.121. The van der Waals surface area contributed by atoms with Crippen LogP contribution in [0.5, 0.6) is 0 Å². The first-order valence-corrected chi connectivity index (χ1v) is 6.83. The van der Waals surface area contributed by atoms with Gasteiger partial charge in [-0.05, 0) is 38.9 Å². The molecule has 1 fully saturated rings. The zero-order valence-corrected chi connectivity index (χ0v) is 11.3. The molecule has 1 amide bonds. The first-order valence-electron chi connectivity index (χ1n) is 6.83. The predicted octanol–water partition coefficient (Wildman–Crippen LogP) is 0.449. The van der Waals surface area contributed by atoms with E-state index in [1.165, 1.54) is 23.5 Å². The van der Waals surface area contributed by atoms with Gasteiger partial charge in [-0.2, -0.15) is 0 Å². The first-order chi connectivity index (χ1) is 9.16. The lowest BCUT2D eigenvalue weighted by Crippen LogP contribution is -2.42. The number of hydrogen-bond acceptors (Lipinski definition) is 3. The van der Waals surface area contributed by atoms with Gasteiger partial charge in [-0.15, -0.1) is 0 Å². The first kappa shape index (κ1) is 13.8. The second-order valence-corrected chi connectivity index (χ2v) is 5.06. The van der Waals surface area contributed by atoms with Crippen LogP contribution in [0.3, 0.4) is 0 Å². The monoisotopic (exact) mass is 263 g/mol. The van der Waals surface area contributed by atoms with E-state index in [-0.39, 0.29) is 18.0 Å². The number of hydrogen-bond donors (Lipinski definition) is 1. The van der Waals surface area contributed by atoms with Crippen molar-refractivity contribution in [3.8, 4) is 0 Å². The largest absolute Gasteiger partial charge is 0.353 e. The maximum absolute atomic E-state index is 11.8. The molecule has 0 aromatic carbocycles. The van der Waals surface area contributed by atoms with E-state index in [1.807, 2.05) is 0 Å². The topological polar surface area (TPSA) is 54.3 Å². The molecule has 0 radical (unpaired) electrons. The van der Waals surface area contributed by atoms with Gasteiger partial charge in [0.25, 0.3) is 5.56 Å². The number of rotatable bonds is 5. The highest BCUT2D eigenvalue weighted by atomic mass is 16.2. The normalized spacial score (nSPS) is 17.3. The van der Waals surface area contributed by atoms with Crippen LogP contribution < -0.4 is 10.9 Å². The molecule has 104 valence electrons. The average Bonchev–Trinajstić information content (AvgIpc) is 2.93. The molecule has 0 saturated carbocycles. The molecule has 1 aliphatic heterocycles. The van der Waals surface area contributed by atoms with Gasteiger partial charge in [0, 0.05) is 24.8 Å². The van der Waals surface area contributed by atoms with Crippen molar-refractivity contribution in [2.24, 2.45) is 0 Å². The minimum absolute atomic E-state index is 0.0897. The Kier molecular flexibility index (Phi) is 4.74. The van der Waals surface area contributed by atoms with Gasteiger partial charge in [0.2, 0.25) is 5.91 Å². The molecule has 1 atom stereocenters. The average molecular weight is 263 g/mol. The molecule has 5 heteroatoms. The number of aromatic nitrogens is 1. The van der Waals surface area contributed by atoms with Gasteiger partial charge in [0.1, 0.15) is 6.54 Å². The Hall–Kier alpha value is -1.62. The molecule has 1 saturated heterocycles. The third kappa shape index (κ3) is 3.92. The van der Waals surface area contributed by atoms with Crippen molar-refractivity contribution in [2.75, 3.05) is 19.6 Å². The van der Waals surface area contributed by atoms with Crippen molar-refractivity contribution >= 4 is 5.91 Å². The standard InChI is InChI=1S/C14H21N3O2/c1-12(16-7-4-5-8-16)10-15-13(18)11-17-9-3-2-6-14(17)19/h2-3,6,9,12H,4-5,7-8,10-11H2,1H3,(H,15,18). The maximum atomic E-state index is 11.8.